The lowest BCUT2D eigenvalue weighted by molar-refractivity contribution is 0.724. The number of hydrogen-bond donors (Lipinski definition) is 1. The highest BCUT2D eigenvalue weighted by Gasteiger charge is 2.03. The van der Waals surface area contributed by atoms with E-state index in [1.54, 1.807) is 6.20 Å². The van der Waals surface area contributed by atoms with Crippen LogP contribution >= 0.6 is 0 Å². The Kier molecular flexibility index (Phi) is 3.31. The Hall–Kier alpha value is -1.68. The first-order valence-corrected chi connectivity index (χ1v) is 5.44. The lowest BCUT2D eigenvalue weighted by Crippen LogP contribution is -2.11. The van der Waals surface area contributed by atoms with Gasteiger partial charge in [0.05, 0.1) is 5.69 Å². The second-order valence-electron chi connectivity index (χ2n) is 3.70. The highest BCUT2D eigenvalue weighted by atomic mass is 15.3. The number of pyridine rings is 1. The largest absolute Gasteiger partial charge is 0.313 e. The maximum absolute atomic E-state index is 4.25. The van der Waals surface area contributed by atoms with Crippen LogP contribution in [0, 0.1) is 0 Å². The molecular formula is C12H16N4. The molecule has 2 rings (SSSR count). The summed E-state index contributed by atoms with van der Waals surface area (Å²) in [5.74, 6) is 0. The predicted octanol–water partition coefficient (Wildman–Crippen LogP) is 1.59. The zero-order chi connectivity index (χ0) is 11.4. The molecule has 1 N–H and O–H groups in total. The van der Waals surface area contributed by atoms with E-state index in [0.29, 0.717) is 0 Å². The standard InChI is InChI=1S/C12H16N4/c1-3-13-7-10-6-11(9-14-8-10)12-4-5-15-16(12)2/h4-6,8-9,13H,3,7H2,1-2H3. The number of nitrogens with one attached hydrogen (secondary N) is 1. The van der Waals surface area contributed by atoms with Crippen molar-refractivity contribution >= 4 is 0 Å². The summed E-state index contributed by atoms with van der Waals surface area (Å²) in [6.45, 7) is 3.92. The topological polar surface area (TPSA) is 42.7 Å². The molecule has 0 aliphatic carbocycles. The van der Waals surface area contributed by atoms with Crippen LogP contribution in [0.1, 0.15) is 12.5 Å². The van der Waals surface area contributed by atoms with E-state index in [4.69, 9.17) is 0 Å². The van der Waals surface area contributed by atoms with Crippen LogP contribution in [0.2, 0.25) is 0 Å². The smallest absolute Gasteiger partial charge is 0.0694 e. The van der Waals surface area contributed by atoms with Gasteiger partial charge >= 0.3 is 0 Å². The monoisotopic (exact) mass is 216 g/mol. The second-order valence-corrected chi connectivity index (χ2v) is 3.70. The maximum Gasteiger partial charge on any atom is 0.0694 e. The minimum absolute atomic E-state index is 0.856. The molecule has 2 aromatic rings. The van der Waals surface area contributed by atoms with Crippen LogP contribution in [0.15, 0.2) is 30.7 Å². The zero-order valence-corrected chi connectivity index (χ0v) is 9.64. The van der Waals surface area contributed by atoms with Crippen molar-refractivity contribution in [3.8, 4) is 11.3 Å². The summed E-state index contributed by atoms with van der Waals surface area (Å²) < 4.78 is 1.86. The number of aryl methyl sites for hydroxylation is 1. The van der Waals surface area contributed by atoms with Gasteiger partial charge in [0, 0.05) is 37.7 Å². The summed E-state index contributed by atoms with van der Waals surface area (Å²) in [5, 5.41) is 7.45. The first-order chi connectivity index (χ1) is 7.81. The van der Waals surface area contributed by atoms with E-state index >= 15 is 0 Å². The predicted molar refractivity (Wildman–Crippen MR) is 63.8 cm³/mol. The molecule has 84 valence electrons. The molecule has 0 aliphatic heterocycles. The molecule has 0 fully saturated rings. The molecule has 2 heterocycles. The zero-order valence-electron chi connectivity index (χ0n) is 9.64. The molecule has 0 unspecified atom stereocenters. The minimum Gasteiger partial charge on any atom is -0.313 e. The Bertz CT molecular complexity index is 462. The molecule has 0 atom stereocenters. The van der Waals surface area contributed by atoms with Gasteiger partial charge in [0.15, 0.2) is 0 Å². The van der Waals surface area contributed by atoms with Gasteiger partial charge in [0.25, 0.3) is 0 Å². The van der Waals surface area contributed by atoms with E-state index in [1.807, 2.05) is 30.2 Å². The van der Waals surface area contributed by atoms with Gasteiger partial charge < -0.3 is 5.32 Å². The lowest BCUT2D eigenvalue weighted by atomic mass is 10.1. The average Bonchev–Trinajstić information content (AvgIpc) is 2.73. The Labute approximate surface area is 95.3 Å². The van der Waals surface area contributed by atoms with E-state index in [-0.39, 0.29) is 0 Å². The molecule has 4 heteroatoms. The van der Waals surface area contributed by atoms with Crippen LogP contribution in [0.4, 0.5) is 0 Å². The van der Waals surface area contributed by atoms with Crippen molar-refractivity contribution in [1.82, 2.24) is 20.1 Å². The number of hydrogen-bond acceptors (Lipinski definition) is 3. The van der Waals surface area contributed by atoms with Crippen LogP contribution < -0.4 is 5.32 Å². The molecule has 16 heavy (non-hydrogen) atoms. The lowest BCUT2D eigenvalue weighted by Gasteiger charge is -2.05. The summed E-state index contributed by atoms with van der Waals surface area (Å²) in [6.07, 6.45) is 5.56. The summed E-state index contributed by atoms with van der Waals surface area (Å²) in [6, 6.07) is 4.14. The molecule has 0 bridgehead atoms. The third kappa shape index (κ3) is 2.28. The highest BCUT2D eigenvalue weighted by molar-refractivity contribution is 5.58. The van der Waals surface area contributed by atoms with Crippen molar-refractivity contribution in [2.75, 3.05) is 6.54 Å². The number of rotatable bonds is 4. The fraction of sp³-hybridized carbons (Fsp3) is 0.333. The fourth-order valence-electron chi connectivity index (χ4n) is 1.65. The highest BCUT2D eigenvalue weighted by Crippen LogP contribution is 2.17. The van der Waals surface area contributed by atoms with Crippen molar-refractivity contribution in [3.05, 3.63) is 36.3 Å². The Balaban J connectivity index is 2.26. The second kappa shape index (κ2) is 4.90. The molecule has 0 saturated heterocycles. The molecule has 0 amide bonds. The maximum atomic E-state index is 4.25. The summed E-state index contributed by atoms with van der Waals surface area (Å²) in [7, 11) is 1.94. The number of aromatic nitrogens is 3. The molecule has 4 nitrogen and oxygen atoms in total. The van der Waals surface area contributed by atoms with Gasteiger partial charge in [-0.15, -0.1) is 0 Å². The van der Waals surface area contributed by atoms with E-state index < -0.39 is 0 Å². The summed E-state index contributed by atoms with van der Waals surface area (Å²) in [4.78, 5) is 4.25. The quantitative estimate of drug-likeness (QED) is 0.844. The minimum atomic E-state index is 0.856. The van der Waals surface area contributed by atoms with E-state index in [0.717, 1.165) is 24.3 Å². The first-order valence-electron chi connectivity index (χ1n) is 5.44. The van der Waals surface area contributed by atoms with Crippen molar-refractivity contribution in [1.29, 1.82) is 0 Å². The molecule has 0 aromatic carbocycles. The van der Waals surface area contributed by atoms with Gasteiger partial charge in [-0.2, -0.15) is 5.10 Å². The van der Waals surface area contributed by atoms with Crippen LogP contribution in [-0.4, -0.2) is 21.3 Å². The molecule has 0 radical (unpaired) electrons. The van der Waals surface area contributed by atoms with E-state index in [9.17, 15) is 0 Å². The summed E-state index contributed by atoms with van der Waals surface area (Å²) in [5.41, 5.74) is 3.39. The van der Waals surface area contributed by atoms with Gasteiger partial charge in [-0.05, 0) is 24.2 Å². The van der Waals surface area contributed by atoms with E-state index in [1.165, 1.54) is 5.56 Å². The van der Waals surface area contributed by atoms with Crippen molar-refractivity contribution in [3.63, 3.8) is 0 Å². The molecule has 2 aromatic heterocycles. The normalized spacial score (nSPS) is 10.6. The van der Waals surface area contributed by atoms with Gasteiger partial charge in [-0.25, -0.2) is 0 Å². The van der Waals surface area contributed by atoms with Crippen LogP contribution in [-0.2, 0) is 13.6 Å². The van der Waals surface area contributed by atoms with Gasteiger partial charge in [0.2, 0.25) is 0 Å². The van der Waals surface area contributed by atoms with Gasteiger partial charge in [-0.1, -0.05) is 6.92 Å². The van der Waals surface area contributed by atoms with Gasteiger partial charge in [-0.3, -0.25) is 9.67 Å². The van der Waals surface area contributed by atoms with Crippen molar-refractivity contribution in [2.24, 2.45) is 7.05 Å². The molecular weight excluding hydrogens is 200 g/mol. The molecule has 0 saturated carbocycles. The third-order valence-corrected chi connectivity index (χ3v) is 2.49. The van der Waals surface area contributed by atoms with Crippen LogP contribution in [0.3, 0.4) is 0 Å². The van der Waals surface area contributed by atoms with Crippen LogP contribution in [0.5, 0.6) is 0 Å². The average molecular weight is 216 g/mol. The molecule has 0 aliphatic rings. The van der Waals surface area contributed by atoms with Crippen molar-refractivity contribution in [2.45, 2.75) is 13.5 Å². The Morgan fingerprint density at radius 2 is 2.25 bits per heavy atom. The fourth-order valence-corrected chi connectivity index (χ4v) is 1.65. The molecule has 0 spiro atoms. The Morgan fingerprint density at radius 1 is 1.38 bits per heavy atom. The van der Waals surface area contributed by atoms with E-state index in [2.05, 4.69) is 28.4 Å². The van der Waals surface area contributed by atoms with Crippen molar-refractivity contribution < 1.29 is 0 Å². The van der Waals surface area contributed by atoms with Crippen LogP contribution in [0.25, 0.3) is 11.3 Å². The number of nitrogens with zero attached hydrogens (tertiary/aromatic N) is 3. The summed E-state index contributed by atoms with van der Waals surface area (Å²) >= 11 is 0. The SMILES string of the molecule is CCNCc1cncc(-c2ccnn2C)c1. The Morgan fingerprint density at radius 3 is 2.94 bits per heavy atom. The van der Waals surface area contributed by atoms with Gasteiger partial charge in [0.1, 0.15) is 0 Å². The first kappa shape index (κ1) is 10.8. The third-order valence-electron chi connectivity index (χ3n) is 2.49.